The molecule has 0 unspecified atom stereocenters. The Balaban J connectivity index is 2.14. The van der Waals surface area contributed by atoms with Crippen LogP contribution in [0, 0.1) is 19.3 Å². The molecule has 0 saturated carbocycles. The second-order valence-electron chi connectivity index (χ2n) is 9.24. The highest BCUT2D eigenvalue weighted by Gasteiger charge is 2.27. The van der Waals surface area contributed by atoms with Gasteiger partial charge in [0, 0.05) is 0 Å². The third-order valence-corrected chi connectivity index (χ3v) is 6.52. The number of carbonyl (C=O) groups excluding carboxylic acids is 1. The van der Waals surface area contributed by atoms with Gasteiger partial charge in [0.1, 0.15) is 17.1 Å². The first-order valence-electron chi connectivity index (χ1n) is 11.1. The maximum Gasteiger partial charge on any atom is 0.316 e. The molecule has 164 valence electrons. The van der Waals surface area contributed by atoms with E-state index in [9.17, 15) is 4.79 Å². The molecule has 0 heterocycles. The van der Waals surface area contributed by atoms with Gasteiger partial charge in [-0.15, -0.1) is 0 Å². The topological polar surface area (TPSA) is 35.5 Å². The molecule has 2 rings (SSSR count). The maximum absolute atomic E-state index is 12.3. The molecule has 0 bridgehead atoms. The van der Waals surface area contributed by atoms with Crippen molar-refractivity contribution in [2.75, 3.05) is 0 Å². The van der Waals surface area contributed by atoms with E-state index < -0.39 is 5.41 Å². The predicted molar refractivity (Wildman–Crippen MR) is 124 cm³/mol. The van der Waals surface area contributed by atoms with Gasteiger partial charge in [-0.25, -0.2) is 0 Å². The average molecular weight is 411 g/mol. The largest absolute Gasteiger partial charge is 0.488 e. The zero-order valence-electron chi connectivity index (χ0n) is 20.0. The molecule has 3 nitrogen and oxygen atoms in total. The first-order chi connectivity index (χ1) is 14.0. The first kappa shape index (κ1) is 24.0. The van der Waals surface area contributed by atoms with Gasteiger partial charge >= 0.3 is 5.97 Å². The molecular formula is C27H38O3. The SMILES string of the molecule is CCC(C)(CC)Oc1ccc(Cc2ccc(OC(=O)C(C)(C)CC)cc2C)c(C)c1. The summed E-state index contributed by atoms with van der Waals surface area (Å²) in [4.78, 5) is 12.3. The van der Waals surface area contributed by atoms with Crippen molar-refractivity contribution in [3.8, 4) is 11.5 Å². The van der Waals surface area contributed by atoms with Gasteiger partial charge < -0.3 is 9.47 Å². The molecule has 0 aliphatic rings. The Bertz CT molecular complexity index is 876. The molecule has 2 aromatic carbocycles. The van der Waals surface area contributed by atoms with Crippen molar-refractivity contribution in [3.63, 3.8) is 0 Å². The Morgan fingerprint density at radius 1 is 0.800 bits per heavy atom. The highest BCUT2D eigenvalue weighted by Crippen LogP contribution is 2.29. The molecular weight excluding hydrogens is 372 g/mol. The van der Waals surface area contributed by atoms with E-state index in [1.54, 1.807) is 0 Å². The Morgan fingerprint density at radius 3 is 1.77 bits per heavy atom. The lowest BCUT2D eigenvalue weighted by Gasteiger charge is -2.28. The molecule has 30 heavy (non-hydrogen) atoms. The van der Waals surface area contributed by atoms with Gasteiger partial charge in [-0.3, -0.25) is 4.79 Å². The summed E-state index contributed by atoms with van der Waals surface area (Å²) in [6.07, 6.45) is 3.55. The van der Waals surface area contributed by atoms with Crippen LogP contribution in [0.25, 0.3) is 0 Å². The third kappa shape index (κ3) is 5.87. The number of ether oxygens (including phenoxy) is 2. The van der Waals surface area contributed by atoms with Crippen molar-refractivity contribution in [1.82, 2.24) is 0 Å². The lowest BCUT2D eigenvalue weighted by atomic mass is 9.90. The van der Waals surface area contributed by atoms with E-state index in [1.807, 2.05) is 32.9 Å². The number of rotatable bonds is 9. The van der Waals surface area contributed by atoms with Crippen molar-refractivity contribution >= 4 is 5.97 Å². The van der Waals surface area contributed by atoms with Gasteiger partial charge in [-0.05, 0) is 107 Å². The van der Waals surface area contributed by atoms with Gasteiger partial charge in [0.05, 0.1) is 5.41 Å². The Morgan fingerprint density at radius 2 is 1.30 bits per heavy atom. The molecule has 0 radical (unpaired) electrons. The average Bonchev–Trinajstić information content (AvgIpc) is 2.71. The summed E-state index contributed by atoms with van der Waals surface area (Å²) in [5.74, 6) is 1.36. The van der Waals surface area contributed by atoms with Crippen LogP contribution in [0.3, 0.4) is 0 Å². The zero-order valence-corrected chi connectivity index (χ0v) is 20.0. The number of hydrogen-bond acceptors (Lipinski definition) is 3. The molecule has 0 amide bonds. The summed E-state index contributed by atoms with van der Waals surface area (Å²) in [5.41, 5.74) is 4.26. The van der Waals surface area contributed by atoms with Gasteiger partial charge in [-0.1, -0.05) is 32.9 Å². The summed E-state index contributed by atoms with van der Waals surface area (Å²) < 4.78 is 11.9. The van der Waals surface area contributed by atoms with Gasteiger partial charge in [0.15, 0.2) is 0 Å². The van der Waals surface area contributed by atoms with E-state index in [1.165, 1.54) is 16.7 Å². The molecule has 0 aliphatic heterocycles. The third-order valence-electron chi connectivity index (χ3n) is 6.52. The molecule has 2 aromatic rings. The molecule has 0 fully saturated rings. The van der Waals surface area contributed by atoms with Crippen LogP contribution in [0.2, 0.25) is 0 Å². The molecule has 0 N–H and O–H groups in total. The van der Waals surface area contributed by atoms with E-state index in [0.29, 0.717) is 5.75 Å². The van der Waals surface area contributed by atoms with Gasteiger partial charge in [0.2, 0.25) is 0 Å². The van der Waals surface area contributed by atoms with Gasteiger partial charge in [-0.2, -0.15) is 0 Å². The fraction of sp³-hybridized carbons (Fsp3) is 0.519. The van der Waals surface area contributed by atoms with Crippen LogP contribution in [0.15, 0.2) is 36.4 Å². The van der Waals surface area contributed by atoms with Crippen molar-refractivity contribution < 1.29 is 14.3 Å². The normalized spacial score (nSPS) is 12.0. The van der Waals surface area contributed by atoms with Crippen molar-refractivity contribution in [3.05, 3.63) is 58.7 Å². The monoisotopic (exact) mass is 410 g/mol. The summed E-state index contributed by atoms with van der Waals surface area (Å²) in [5, 5.41) is 0. The minimum absolute atomic E-state index is 0.121. The molecule has 0 aliphatic carbocycles. The second kappa shape index (κ2) is 9.68. The predicted octanol–water partition coefficient (Wildman–Crippen LogP) is 7.19. The minimum atomic E-state index is -0.473. The van der Waals surface area contributed by atoms with Crippen LogP contribution in [0.4, 0.5) is 0 Å². The van der Waals surface area contributed by atoms with Gasteiger partial charge in [0.25, 0.3) is 0 Å². The highest BCUT2D eigenvalue weighted by molar-refractivity contribution is 5.78. The lowest BCUT2D eigenvalue weighted by Crippen LogP contribution is -2.30. The summed E-state index contributed by atoms with van der Waals surface area (Å²) in [6, 6.07) is 12.3. The first-order valence-corrected chi connectivity index (χ1v) is 11.1. The van der Waals surface area contributed by atoms with Crippen molar-refractivity contribution in [2.24, 2.45) is 5.41 Å². The van der Waals surface area contributed by atoms with Crippen molar-refractivity contribution in [2.45, 2.75) is 86.7 Å². The van der Waals surface area contributed by atoms with Crippen LogP contribution >= 0.6 is 0 Å². The summed E-state index contributed by atoms with van der Waals surface area (Å²) in [6.45, 7) is 16.5. The molecule has 0 atom stereocenters. The minimum Gasteiger partial charge on any atom is -0.488 e. The standard InChI is InChI=1S/C27H38O3/c1-9-26(6,7)25(28)29-23-14-12-21(19(4)16-23)18-22-13-15-24(17-20(22)5)30-27(8,10-2)11-3/h12-17H,9-11,18H2,1-8H3. The summed E-state index contributed by atoms with van der Waals surface area (Å²) in [7, 11) is 0. The molecule has 0 saturated heterocycles. The Labute approximate surface area is 182 Å². The number of benzene rings is 2. The Hall–Kier alpha value is -2.29. The fourth-order valence-corrected chi connectivity index (χ4v) is 3.13. The quantitative estimate of drug-likeness (QED) is 0.324. The van der Waals surface area contributed by atoms with Crippen LogP contribution in [0.5, 0.6) is 11.5 Å². The van der Waals surface area contributed by atoms with Crippen LogP contribution in [0.1, 0.15) is 83.1 Å². The van der Waals surface area contributed by atoms with E-state index in [-0.39, 0.29) is 11.6 Å². The number of hydrogen-bond donors (Lipinski definition) is 0. The van der Waals surface area contributed by atoms with E-state index in [0.717, 1.165) is 37.0 Å². The van der Waals surface area contributed by atoms with Crippen molar-refractivity contribution in [1.29, 1.82) is 0 Å². The molecule has 0 spiro atoms. The van der Waals surface area contributed by atoms with E-state index >= 15 is 0 Å². The zero-order chi connectivity index (χ0) is 22.5. The molecule has 3 heteroatoms. The van der Waals surface area contributed by atoms with E-state index in [2.05, 4.69) is 58.9 Å². The smallest absolute Gasteiger partial charge is 0.316 e. The van der Waals surface area contributed by atoms with E-state index in [4.69, 9.17) is 9.47 Å². The Kier molecular flexibility index (Phi) is 7.74. The lowest BCUT2D eigenvalue weighted by molar-refractivity contribution is -0.144. The van der Waals surface area contributed by atoms with Crippen LogP contribution < -0.4 is 9.47 Å². The number of aryl methyl sites for hydroxylation is 2. The van der Waals surface area contributed by atoms with Crippen LogP contribution in [-0.4, -0.2) is 11.6 Å². The maximum atomic E-state index is 12.3. The molecule has 0 aromatic heterocycles. The number of carbonyl (C=O) groups is 1. The fourth-order valence-electron chi connectivity index (χ4n) is 3.13. The number of esters is 1. The second-order valence-corrected chi connectivity index (χ2v) is 9.24. The highest BCUT2D eigenvalue weighted by atomic mass is 16.5. The summed E-state index contributed by atoms with van der Waals surface area (Å²) >= 11 is 0. The van der Waals surface area contributed by atoms with Crippen LogP contribution in [-0.2, 0) is 11.2 Å².